The van der Waals surface area contributed by atoms with Crippen LogP contribution in [0.25, 0.3) is 10.7 Å². The third-order valence-corrected chi connectivity index (χ3v) is 3.89. The summed E-state index contributed by atoms with van der Waals surface area (Å²) in [6.45, 7) is 1.66. The third kappa shape index (κ3) is 1.92. The summed E-state index contributed by atoms with van der Waals surface area (Å²) in [6, 6.07) is 3.94. The zero-order valence-electron chi connectivity index (χ0n) is 9.56. The molecule has 1 aliphatic heterocycles. The van der Waals surface area contributed by atoms with Crippen LogP contribution in [0, 0.1) is 0 Å². The fourth-order valence-electron chi connectivity index (χ4n) is 2.09. The molecule has 0 bridgehead atoms. The lowest BCUT2D eigenvalue weighted by atomic mass is 10.1. The molecule has 0 saturated heterocycles. The predicted octanol–water partition coefficient (Wildman–Crippen LogP) is 1.49. The quantitative estimate of drug-likeness (QED) is 0.830. The number of hydrogen-bond donors (Lipinski definition) is 1. The molecule has 0 unspecified atom stereocenters. The van der Waals surface area contributed by atoms with Crippen molar-refractivity contribution in [3.05, 3.63) is 39.1 Å². The van der Waals surface area contributed by atoms with Gasteiger partial charge in [0, 0.05) is 19.5 Å². The van der Waals surface area contributed by atoms with Gasteiger partial charge in [0.2, 0.25) is 0 Å². The van der Waals surface area contributed by atoms with E-state index in [1.807, 2.05) is 24.6 Å². The van der Waals surface area contributed by atoms with Crippen molar-refractivity contribution in [2.45, 2.75) is 13.0 Å². The molecule has 1 N–H and O–H groups in total. The Hall–Kier alpha value is -1.46. The molecule has 0 radical (unpaired) electrons. The molecule has 2 aromatic rings. The molecule has 0 aliphatic carbocycles. The lowest BCUT2D eigenvalue weighted by Gasteiger charge is -2.23. The summed E-state index contributed by atoms with van der Waals surface area (Å²) in [6.07, 6.45) is 0.855. The van der Waals surface area contributed by atoms with E-state index in [-0.39, 0.29) is 5.56 Å². The van der Waals surface area contributed by atoms with Crippen molar-refractivity contribution in [1.29, 1.82) is 0 Å². The van der Waals surface area contributed by atoms with Gasteiger partial charge in [-0.3, -0.25) is 4.79 Å². The topological polar surface area (TPSA) is 49.0 Å². The highest BCUT2D eigenvalue weighted by Gasteiger charge is 2.19. The third-order valence-electron chi connectivity index (χ3n) is 3.01. The van der Waals surface area contributed by atoms with E-state index in [0.29, 0.717) is 12.4 Å². The summed E-state index contributed by atoms with van der Waals surface area (Å²) >= 11 is 1.59. The van der Waals surface area contributed by atoms with Gasteiger partial charge >= 0.3 is 0 Å². The van der Waals surface area contributed by atoms with Crippen molar-refractivity contribution < 1.29 is 0 Å². The molecule has 88 valence electrons. The number of nitrogens with zero attached hydrogens (tertiary/aromatic N) is 2. The van der Waals surface area contributed by atoms with Gasteiger partial charge < -0.3 is 9.88 Å². The maximum absolute atomic E-state index is 12.0. The summed E-state index contributed by atoms with van der Waals surface area (Å²) in [4.78, 5) is 22.6. The number of aromatic nitrogens is 2. The molecular weight excluding hydrogens is 234 g/mol. The van der Waals surface area contributed by atoms with Gasteiger partial charge in [-0.15, -0.1) is 11.3 Å². The van der Waals surface area contributed by atoms with Crippen LogP contribution in [0.2, 0.25) is 0 Å². The molecule has 0 atom stereocenters. The number of rotatable bonds is 1. The molecule has 0 aromatic carbocycles. The molecule has 0 spiro atoms. The van der Waals surface area contributed by atoms with Crippen LogP contribution in [0.1, 0.15) is 11.3 Å². The molecule has 3 rings (SSSR count). The molecule has 0 fully saturated rings. The summed E-state index contributed by atoms with van der Waals surface area (Å²) in [7, 11) is 2.02. The minimum Gasteiger partial charge on any atom is -0.306 e. The van der Waals surface area contributed by atoms with Crippen LogP contribution in [0.3, 0.4) is 0 Å². The minimum atomic E-state index is 0.00458. The number of aromatic amines is 1. The second-order valence-corrected chi connectivity index (χ2v) is 5.25. The first-order valence-corrected chi connectivity index (χ1v) is 6.46. The number of fused-ring (bicyclic) bond motifs is 1. The molecule has 1 aliphatic rings. The Morgan fingerprint density at radius 1 is 1.53 bits per heavy atom. The van der Waals surface area contributed by atoms with Crippen LogP contribution >= 0.6 is 11.3 Å². The number of likely N-dealkylation sites (N-methyl/N-ethyl adjacent to an activating group) is 1. The second-order valence-electron chi connectivity index (χ2n) is 4.30. The van der Waals surface area contributed by atoms with E-state index in [0.717, 1.165) is 29.1 Å². The van der Waals surface area contributed by atoms with Gasteiger partial charge in [0.25, 0.3) is 5.56 Å². The first-order valence-electron chi connectivity index (χ1n) is 5.58. The Morgan fingerprint density at radius 3 is 3.18 bits per heavy atom. The Labute approximate surface area is 103 Å². The van der Waals surface area contributed by atoms with Gasteiger partial charge in [0.1, 0.15) is 0 Å². The van der Waals surface area contributed by atoms with Crippen molar-refractivity contribution in [2.75, 3.05) is 13.6 Å². The lowest BCUT2D eigenvalue weighted by molar-refractivity contribution is 0.307. The molecular formula is C12H13N3OS. The van der Waals surface area contributed by atoms with Crippen molar-refractivity contribution in [2.24, 2.45) is 0 Å². The van der Waals surface area contributed by atoms with Crippen LogP contribution in [-0.4, -0.2) is 28.5 Å². The molecule has 0 amide bonds. The van der Waals surface area contributed by atoms with Crippen LogP contribution in [0.4, 0.5) is 0 Å². The maximum Gasteiger partial charge on any atom is 0.255 e. The van der Waals surface area contributed by atoms with Gasteiger partial charge in [-0.1, -0.05) is 6.07 Å². The van der Waals surface area contributed by atoms with Gasteiger partial charge in [-0.25, -0.2) is 4.98 Å². The van der Waals surface area contributed by atoms with Crippen LogP contribution in [0.5, 0.6) is 0 Å². The lowest BCUT2D eigenvalue weighted by Crippen LogP contribution is -2.33. The molecule has 3 heterocycles. The van der Waals surface area contributed by atoms with E-state index in [1.165, 1.54) is 0 Å². The second kappa shape index (κ2) is 4.09. The van der Waals surface area contributed by atoms with E-state index in [4.69, 9.17) is 0 Å². The monoisotopic (exact) mass is 247 g/mol. The fraction of sp³-hybridized carbons (Fsp3) is 0.333. The highest BCUT2D eigenvalue weighted by molar-refractivity contribution is 7.13. The number of H-pyrrole nitrogens is 1. The standard InChI is InChI=1S/C12H13N3OS/c1-15-5-4-9-8(7-15)12(16)14-11(13-9)10-3-2-6-17-10/h2-3,6H,4-5,7H2,1H3,(H,13,14,16). The van der Waals surface area contributed by atoms with Crippen molar-refractivity contribution in [3.8, 4) is 10.7 Å². The average Bonchev–Trinajstić information content (AvgIpc) is 2.83. The highest BCUT2D eigenvalue weighted by atomic mass is 32.1. The highest BCUT2D eigenvalue weighted by Crippen LogP contribution is 2.21. The number of nitrogens with one attached hydrogen (secondary N) is 1. The zero-order valence-corrected chi connectivity index (χ0v) is 10.4. The predicted molar refractivity (Wildman–Crippen MR) is 68.2 cm³/mol. The molecule has 17 heavy (non-hydrogen) atoms. The van der Waals surface area contributed by atoms with Crippen LogP contribution < -0.4 is 5.56 Å². The summed E-state index contributed by atoms with van der Waals surface area (Å²) < 4.78 is 0. The van der Waals surface area contributed by atoms with Crippen LogP contribution in [-0.2, 0) is 13.0 Å². The summed E-state index contributed by atoms with van der Waals surface area (Å²) in [5.74, 6) is 0.702. The normalized spacial score (nSPS) is 15.8. The first kappa shape index (κ1) is 10.7. The summed E-state index contributed by atoms with van der Waals surface area (Å²) in [5, 5.41) is 1.99. The van der Waals surface area contributed by atoms with Crippen molar-refractivity contribution in [1.82, 2.24) is 14.9 Å². The number of hydrogen-bond acceptors (Lipinski definition) is 4. The summed E-state index contributed by atoms with van der Waals surface area (Å²) in [5.41, 5.74) is 1.78. The fourth-order valence-corrected chi connectivity index (χ4v) is 2.76. The minimum absolute atomic E-state index is 0.00458. The Kier molecular flexibility index (Phi) is 2.57. The van der Waals surface area contributed by atoms with E-state index < -0.39 is 0 Å². The van der Waals surface area contributed by atoms with E-state index in [1.54, 1.807) is 11.3 Å². The number of thiophene rings is 1. The molecule has 4 nitrogen and oxygen atoms in total. The van der Waals surface area contributed by atoms with Crippen molar-refractivity contribution in [3.63, 3.8) is 0 Å². The van der Waals surface area contributed by atoms with Gasteiger partial charge in [-0.05, 0) is 18.5 Å². The Bertz CT molecular complexity index is 588. The average molecular weight is 247 g/mol. The van der Waals surface area contributed by atoms with Crippen LogP contribution in [0.15, 0.2) is 22.3 Å². The Morgan fingerprint density at radius 2 is 2.41 bits per heavy atom. The Balaban J connectivity index is 2.11. The van der Waals surface area contributed by atoms with Crippen molar-refractivity contribution >= 4 is 11.3 Å². The molecule has 5 heteroatoms. The zero-order chi connectivity index (χ0) is 11.8. The van der Waals surface area contributed by atoms with Gasteiger partial charge in [0.05, 0.1) is 16.1 Å². The molecule has 0 saturated carbocycles. The van der Waals surface area contributed by atoms with E-state index in [9.17, 15) is 4.79 Å². The molecule has 2 aromatic heterocycles. The van der Waals surface area contributed by atoms with E-state index in [2.05, 4.69) is 14.9 Å². The first-order chi connectivity index (χ1) is 8.24. The SMILES string of the molecule is CN1CCc2nc(-c3cccs3)[nH]c(=O)c2C1. The largest absolute Gasteiger partial charge is 0.306 e. The van der Waals surface area contributed by atoms with E-state index >= 15 is 0 Å². The van der Waals surface area contributed by atoms with Gasteiger partial charge in [0.15, 0.2) is 5.82 Å². The maximum atomic E-state index is 12.0. The smallest absolute Gasteiger partial charge is 0.255 e. The van der Waals surface area contributed by atoms with Gasteiger partial charge in [-0.2, -0.15) is 0 Å².